The van der Waals surface area contributed by atoms with Gasteiger partial charge in [0.15, 0.2) is 0 Å². The topological polar surface area (TPSA) is 77.3 Å². The van der Waals surface area contributed by atoms with Gasteiger partial charge >= 0.3 is 0 Å². The number of pyridine rings is 1. The first-order valence-electron chi connectivity index (χ1n) is 6.70. The van der Waals surface area contributed by atoms with Crippen LogP contribution in [0.3, 0.4) is 0 Å². The van der Waals surface area contributed by atoms with E-state index in [1.54, 1.807) is 0 Å². The highest BCUT2D eigenvalue weighted by Crippen LogP contribution is 2.22. The van der Waals surface area contributed by atoms with Crippen molar-refractivity contribution in [3.05, 3.63) is 22.2 Å². The van der Waals surface area contributed by atoms with E-state index in [1.165, 1.54) is 25.0 Å². The summed E-state index contributed by atoms with van der Waals surface area (Å²) in [5, 5.41) is 13.8. The van der Waals surface area contributed by atoms with Gasteiger partial charge in [0, 0.05) is 6.54 Å². The van der Waals surface area contributed by atoms with Crippen molar-refractivity contribution < 1.29 is 9.66 Å². The van der Waals surface area contributed by atoms with Crippen molar-refractivity contribution in [2.24, 2.45) is 0 Å². The van der Waals surface area contributed by atoms with Gasteiger partial charge in [-0.15, -0.1) is 0 Å². The van der Waals surface area contributed by atoms with Crippen LogP contribution >= 0.6 is 0 Å². The van der Waals surface area contributed by atoms with E-state index in [9.17, 15) is 10.1 Å². The summed E-state index contributed by atoms with van der Waals surface area (Å²) in [5.41, 5.74) is -0.00509. The Morgan fingerprint density at radius 2 is 2.11 bits per heavy atom. The van der Waals surface area contributed by atoms with Crippen molar-refractivity contribution >= 4 is 11.5 Å². The van der Waals surface area contributed by atoms with Crippen LogP contribution in [-0.2, 0) is 0 Å². The second-order valence-electron chi connectivity index (χ2n) is 4.25. The van der Waals surface area contributed by atoms with E-state index in [0.29, 0.717) is 24.8 Å². The van der Waals surface area contributed by atoms with Crippen LogP contribution in [0.1, 0.15) is 39.5 Å². The zero-order valence-electron chi connectivity index (χ0n) is 11.5. The minimum atomic E-state index is -0.438. The lowest BCUT2D eigenvalue weighted by atomic mass is 10.2. The highest BCUT2D eigenvalue weighted by molar-refractivity contribution is 5.48. The first-order valence-corrected chi connectivity index (χ1v) is 6.70. The Balaban J connectivity index is 2.62. The molecule has 0 aliphatic rings. The highest BCUT2D eigenvalue weighted by Gasteiger charge is 2.11. The molecule has 6 heteroatoms. The molecule has 19 heavy (non-hydrogen) atoms. The van der Waals surface area contributed by atoms with Gasteiger partial charge < -0.3 is 10.1 Å². The second-order valence-corrected chi connectivity index (χ2v) is 4.25. The summed E-state index contributed by atoms with van der Waals surface area (Å²) in [5.74, 6) is 0.780. The Labute approximate surface area is 113 Å². The zero-order valence-corrected chi connectivity index (χ0v) is 11.5. The number of ether oxygens (including phenoxy) is 1. The number of nitrogens with zero attached hydrogens (tertiary/aromatic N) is 2. The summed E-state index contributed by atoms with van der Waals surface area (Å²) >= 11 is 0. The minimum absolute atomic E-state index is 0.00509. The molecule has 0 aliphatic heterocycles. The van der Waals surface area contributed by atoms with Crippen molar-refractivity contribution in [3.8, 4) is 5.88 Å². The van der Waals surface area contributed by atoms with E-state index >= 15 is 0 Å². The third kappa shape index (κ3) is 5.54. The maximum absolute atomic E-state index is 10.8. The molecule has 0 fully saturated rings. The summed E-state index contributed by atoms with van der Waals surface area (Å²) in [7, 11) is 0. The van der Waals surface area contributed by atoms with Crippen LogP contribution in [0.15, 0.2) is 12.1 Å². The quantitative estimate of drug-likeness (QED) is 0.421. The molecule has 0 radical (unpaired) electrons. The van der Waals surface area contributed by atoms with Gasteiger partial charge in [-0.25, -0.2) is 0 Å². The molecule has 0 saturated carbocycles. The Morgan fingerprint density at radius 1 is 1.32 bits per heavy atom. The van der Waals surface area contributed by atoms with Gasteiger partial charge in [-0.2, -0.15) is 4.98 Å². The normalized spacial score (nSPS) is 10.2. The predicted molar refractivity (Wildman–Crippen MR) is 74.7 cm³/mol. The molecule has 6 nitrogen and oxygen atoms in total. The maximum Gasteiger partial charge on any atom is 0.278 e. The number of nitro groups is 1. The van der Waals surface area contributed by atoms with Crippen molar-refractivity contribution in [2.75, 3.05) is 18.5 Å². The molecular weight excluding hydrogens is 246 g/mol. The Bertz CT molecular complexity index is 410. The van der Waals surface area contributed by atoms with Crippen LogP contribution in [0.5, 0.6) is 5.88 Å². The molecule has 106 valence electrons. The van der Waals surface area contributed by atoms with E-state index in [1.807, 2.05) is 6.92 Å². The van der Waals surface area contributed by atoms with Crippen molar-refractivity contribution in [3.63, 3.8) is 0 Å². The minimum Gasteiger partial charge on any atom is -0.477 e. The lowest BCUT2D eigenvalue weighted by Gasteiger charge is -2.07. The van der Waals surface area contributed by atoms with Gasteiger partial charge in [-0.05, 0) is 13.3 Å². The first kappa shape index (κ1) is 15.2. The van der Waals surface area contributed by atoms with Crippen LogP contribution in [0, 0.1) is 10.1 Å². The van der Waals surface area contributed by atoms with E-state index in [2.05, 4.69) is 17.2 Å². The van der Waals surface area contributed by atoms with E-state index < -0.39 is 4.92 Å². The SMILES string of the molecule is CCCCCCOc1cc([N+](=O)[O-])cc(NCC)n1. The molecule has 1 aromatic rings. The molecule has 0 spiro atoms. The van der Waals surface area contributed by atoms with Gasteiger partial charge in [0.25, 0.3) is 5.69 Å². The summed E-state index contributed by atoms with van der Waals surface area (Å²) in [4.78, 5) is 14.6. The number of hydrogen-bond donors (Lipinski definition) is 1. The fourth-order valence-corrected chi connectivity index (χ4v) is 1.65. The molecule has 1 aromatic heterocycles. The van der Waals surface area contributed by atoms with Crippen LogP contribution in [-0.4, -0.2) is 23.1 Å². The Hall–Kier alpha value is -1.85. The molecule has 0 atom stereocenters. The average molecular weight is 267 g/mol. The van der Waals surface area contributed by atoms with E-state index in [4.69, 9.17) is 4.74 Å². The number of nitrogens with one attached hydrogen (secondary N) is 1. The standard InChI is InChI=1S/C13H21N3O3/c1-3-5-6-7-8-19-13-10-11(16(17)18)9-12(15-13)14-4-2/h9-10H,3-8H2,1-2H3,(H,14,15). The number of unbranched alkanes of at least 4 members (excludes halogenated alkanes) is 3. The molecule has 0 bridgehead atoms. The number of anilines is 1. The van der Waals surface area contributed by atoms with Gasteiger partial charge in [0.05, 0.1) is 23.7 Å². The van der Waals surface area contributed by atoms with Crippen LogP contribution in [0.2, 0.25) is 0 Å². The molecular formula is C13H21N3O3. The van der Waals surface area contributed by atoms with Gasteiger partial charge in [-0.3, -0.25) is 10.1 Å². The summed E-state index contributed by atoms with van der Waals surface area (Å²) in [6, 6.07) is 2.77. The van der Waals surface area contributed by atoms with E-state index in [0.717, 1.165) is 12.8 Å². The molecule has 1 heterocycles. The van der Waals surface area contributed by atoms with Crippen molar-refractivity contribution in [1.82, 2.24) is 4.98 Å². The maximum atomic E-state index is 10.8. The average Bonchev–Trinajstić information content (AvgIpc) is 2.38. The second kappa shape index (κ2) is 8.29. The van der Waals surface area contributed by atoms with Crippen molar-refractivity contribution in [2.45, 2.75) is 39.5 Å². The van der Waals surface area contributed by atoms with Crippen LogP contribution < -0.4 is 10.1 Å². The largest absolute Gasteiger partial charge is 0.477 e. The van der Waals surface area contributed by atoms with Gasteiger partial charge in [-0.1, -0.05) is 26.2 Å². The van der Waals surface area contributed by atoms with Crippen LogP contribution in [0.25, 0.3) is 0 Å². The first-order chi connectivity index (χ1) is 9.17. The molecule has 0 unspecified atom stereocenters. The fourth-order valence-electron chi connectivity index (χ4n) is 1.65. The summed E-state index contributed by atoms with van der Waals surface area (Å²) < 4.78 is 5.47. The third-order valence-electron chi connectivity index (χ3n) is 2.60. The molecule has 1 rings (SSSR count). The van der Waals surface area contributed by atoms with E-state index in [-0.39, 0.29) is 5.69 Å². The predicted octanol–water partition coefficient (Wildman–Crippen LogP) is 3.38. The fraction of sp³-hybridized carbons (Fsp3) is 0.615. The smallest absolute Gasteiger partial charge is 0.278 e. The Kier molecular flexibility index (Phi) is 6.63. The van der Waals surface area contributed by atoms with Crippen molar-refractivity contribution in [1.29, 1.82) is 0 Å². The monoisotopic (exact) mass is 267 g/mol. The van der Waals surface area contributed by atoms with Gasteiger partial charge in [0.1, 0.15) is 5.82 Å². The molecule has 0 aliphatic carbocycles. The molecule has 0 saturated heterocycles. The zero-order chi connectivity index (χ0) is 14.1. The third-order valence-corrected chi connectivity index (χ3v) is 2.60. The lowest BCUT2D eigenvalue weighted by Crippen LogP contribution is -2.04. The molecule has 1 N–H and O–H groups in total. The highest BCUT2D eigenvalue weighted by atomic mass is 16.6. The van der Waals surface area contributed by atoms with Gasteiger partial charge in [0.2, 0.25) is 5.88 Å². The summed E-state index contributed by atoms with van der Waals surface area (Å²) in [6.45, 7) is 5.25. The number of aromatic nitrogens is 1. The summed E-state index contributed by atoms with van der Waals surface area (Å²) in [6.07, 6.45) is 4.38. The number of rotatable bonds is 9. The Morgan fingerprint density at radius 3 is 2.74 bits per heavy atom. The molecule has 0 amide bonds. The molecule has 0 aromatic carbocycles. The van der Waals surface area contributed by atoms with Crippen LogP contribution in [0.4, 0.5) is 11.5 Å². The lowest BCUT2D eigenvalue weighted by molar-refractivity contribution is -0.384. The number of hydrogen-bond acceptors (Lipinski definition) is 5.